The zero-order valence-electron chi connectivity index (χ0n) is 39.4. The Hall–Kier alpha value is -8.13. The fourth-order valence-electron chi connectivity index (χ4n) is 6.31. The second kappa shape index (κ2) is 29.7. The third-order valence-corrected chi connectivity index (χ3v) is 10.8. The molecule has 6 N–H and O–H groups in total. The van der Waals surface area contributed by atoms with Crippen molar-refractivity contribution in [3.63, 3.8) is 0 Å². The Kier molecular flexibility index (Phi) is 22.5. The third kappa shape index (κ3) is 21.4. The largest absolute Gasteiger partial charge is 0.461 e. The van der Waals surface area contributed by atoms with E-state index < -0.39 is 60.5 Å². The zero-order chi connectivity index (χ0) is 50.6. The van der Waals surface area contributed by atoms with Gasteiger partial charge in [-0.3, -0.25) is 34.8 Å². The van der Waals surface area contributed by atoms with E-state index in [0.29, 0.717) is 18.9 Å². The molecule has 374 valence electrons. The average molecular weight is 991 g/mol. The summed E-state index contributed by atoms with van der Waals surface area (Å²) in [4.78, 5) is 100. The maximum Gasteiger partial charge on any atom is 0.414 e. The van der Waals surface area contributed by atoms with Crippen LogP contribution in [0.5, 0.6) is 0 Å². The molecule has 5 aromatic rings. The Bertz CT molecular complexity index is 2450. The second-order valence-corrected chi connectivity index (χ2v) is 17.1. The number of nitrogens with zero attached hydrogens (tertiary/aromatic N) is 2. The number of benzene rings is 4. The van der Waals surface area contributed by atoms with E-state index in [4.69, 9.17) is 18.9 Å². The van der Waals surface area contributed by atoms with Crippen LogP contribution in [0.2, 0.25) is 0 Å². The number of alkyl carbamates (subject to hydrolysis) is 3. The van der Waals surface area contributed by atoms with Crippen LogP contribution in [0.3, 0.4) is 0 Å². The number of carbonyl (C=O) groups excluding carboxylic acids is 7. The molecule has 19 nitrogen and oxygen atoms in total. The van der Waals surface area contributed by atoms with Crippen molar-refractivity contribution < 1.29 is 52.5 Å². The summed E-state index contributed by atoms with van der Waals surface area (Å²) in [5, 5.41) is 17.1. The summed E-state index contributed by atoms with van der Waals surface area (Å²) < 4.78 is 21.4. The Balaban J connectivity index is 1.21. The van der Waals surface area contributed by atoms with Crippen LogP contribution in [-0.4, -0.2) is 78.1 Å². The highest BCUT2D eigenvalue weighted by atomic mass is 32.1. The molecule has 0 saturated heterocycles. The standard InChI is InChI=1S/C51H58N8O11S/c1-35(2)25-27-52-45(62)42(29-44(61)67-30-36-16-7-3-8-17-36)55-43(60)28-40-34-71-48(54-40)57-46(63)41(56-49(64)68-31-37-18-9-4-10-19-37)24-15-26-53-47(58-50(65)69-32-38-20-11-5-12-21-38)59-51(66)70-33-39-22-13-6-14-23-39/h3-14,16-23,34-35,41-42H,15,24-33H2,1-2H3,(H,52,62)(H,55,60)(H,56,64)(H,54,57,63)(H2,53,58,59,65,66)/t41-,42-/m0/s1. The van der Waals surface area contributed by atoms with E-state index in [-0.39, 0.29) is 69.0 Å². The summed E-state index contributed by atoms with van der Waals surface area (Å²) >= 11 is 1.02. The highest BCUT2D eigenvalue weighted by Crippen LogP contribution is 2.17. The average Bonchev–Trinajstić information content (AvgIpc) is 3.81. The molecule has 2 atom stereocenters. The van der Waals surface area contributed by atoms with Crippen molar-refractivity contribution in [3.8, 4) is 0 Å². The van der Waals surface area contributed by atoms with Crippen LogP contribution in [0.1, 0.15) is 67.5 Å². The lowest BCUT2D eigenvalue weighted by atomic mass is 10.1. The molecule has 0 aliphatic heterocycles. The van der Waals surface area contributed by atoms with Crippen molar-refractivity contribution in [3.05, 3.63) is 155 Å². The fraction of sp³-hybridized carbons (Fsp3) is 0.314. The minimum absolute atomic E-state index is 0.000465. The van der Waals surface area contributed by atoms with Crippen molar-refractivity contribution in [2.75, 3.05) is 18.4 Å². The third-order valence-electron chi connectivity index (χ3n) is 10.0. The summed E-state index contributed by atoms with van der Waals surface area (Å²) in [6.07, 6.45) is -2.57. The lowest BCUT2D eigenvalue weighted by Crippen LogP contribution is -2.48. The second-order valence-electron chi connectivity index (χ2n) is 16.3. The molecule has 1 heterocycles. The molecule has 0 unspecified atom stereocenters. The molecule has 0 spiro atoms. The molecule has 0 fully saturated rings. The van der Waals surface area contributed by atoms with Gasteiger partial charge in [0.25, 0.3) is 0 Å². The number of anilines is 1. The molecule has 0 aliphatic carbocycles. The number of carbonyl (C=O) groups is 7. The number of esters is 1. The minimum Gasteiger partial charge on any atom is -0.461 e. The highest BCUT2D eigenvalue weighted by molar-refractivity contribution is 7.14. The Morgan fingerprint density at radius 3 is 1.59 bits per heavy atom. The summed E-state index contributed by atoms with van der Waals surface area (Å²) in [5.41, 5.74) is 3.20. The predicted molar refractivity (Wildman–Crippen MR) is 264 cm³/mol. The molecule has 6 amide bonds. The predicted octanol–water partition coefficient (Wildman–Crippen LogP) is 6.69. The Labute approximate surface area is 415 Å². The van der Waals surface area contributed by atoms with Gasteiger partial charge in [-0.2, -0.15) is 0 Å². The van der Waals surface area contributed by atoms with Gasteiger partial charge in [-0.25, -0.2) is 19.4 Å². The summed E-state index contributed by atoms with van der Waals surface area (Å²) in [6.45, 7) is 4.12. The summed E-state index contributed by atoms with van der Waals surface area (Å²) in [5.74, 6) is -2.47. The molecule has 5 rings (SSSR count). The number of aromatic nitrogens is 1. The normalized spacial score (nSPS) is 11.4. The molecule has 4 aromatic carbocycles. The number of nitrogens with one attached hydrogen (secondary N) is 6. The van der Waals surface area contributed by atoms with Crippen molar-refractivity contribution >= 4 is 64.4 Å². The van der Waals surface area contributed by atoms with Gasteiger partial charge in [0.2, 0.25) is 23.7 Å². The number of hydrogen-bond donors (Lipinski definition) is 6. The van der Waals surface area contributed by atoms with Gasteiger partial charge in [-0.1, -0.05) is 135 Å². The smallest absolute Gasteiger partial charge is 0.414 e. The first-order chi connectivity index (χ1) is 34.4. The molecular formula is C51H58N8O11S. The topological polar surface area (TPSA) is 254 Å². The van der Waals surface area contributed by atoms with Gasteiger partial charge in [0.1, 0.15) is 38.5 Å². The molecule has 0 radical (unpaired) electrons. The number of thiazole rings is 1. The number of aliphatic imine (C=N–C) groups is 1. The molecule has 0 aliphatic rings. The van der Waals surface area contributed by atoms with E-state index >= 15 is 0 Å². The zero-order valence-corrected chi connectivity index (χ0v) is 40.2. The quantitative estimate of drug-likeness (QED) is 0.0124. The van der Waals surface area contributed by atoms with Crippen molar-refractivity contribution in [2.45, 2.75) is 84.5 Å². The molecule has 1 aromatic heterocycles. The maximum absolute atomic E-state index is 13.8. The maximum atomic E-state index is 13.8. The van der Waals surface area contributed by atoms with E-state index in [1.807, 2.05) is 50.2 Å². The van der Waals surface area contributed by atoms with E-state index in [2.05, 4.69) is 41.9 Å². The number of guanidine groups is 1. The Morgan fingerprint density at radius 2 is 1.08 bits per heavy atom. The number of amides is 6. The van der Waals surface area contributed by atoms with Crippen molar-refractivity contribution in [2.24, 2.45) is 10.9 Å². The first kappa shape index (κ1) is 53.8. The van der Waals surface area contributed by atoms with E-state index in [1.54, 1.807) is 90.3 Å². The number of ether oxygens (including phenoxy) is 4. The van der Waals surface area contributed by atoms with E-state index in [0.717, 1.165) is 33.6 Å². The summed E-state index contributed by atoms with van der Waals surface area (Å²) in [6, 6.07) is 33.5. The van der Waals surface area contributed by atoms with Crippen molar-refractivity contribution in [1.29, 1.82) is 0 Å². The highest BCUT2D eigenvalue weighted by Gasteiger charge is 2.26. The van der Waals surface area contributed by atoms with Gasteiger partial charge in [0.15, 0.2) is 5.13 Å². The lowest BCUT2D eigenvalue weighted by Gasteiger charge is -2.18. The SMILES string of the molecule is CC(C)CCNC(=O)[C@H](CC(=O)OCc1ccccc1)NC(=O)Cc1csc(NC(=O)[C@H](CCCN=C(NC(=O)OCc2ccccc2)NC(=O)OCc2ccccc2)NC(=O)OCc2ccccc2)n1. The van der Waals surface area contributed by atoms with Crippen LogP contribution >= 0.6 is 11.3 Å². The first-order valence-corrected chi connectivity index (χ1v) is 23.8. The van der Waals surface area contributed by atoms with Crippen LogP contribution in [-0.2, 0) is 71.0 Å². The molecule has 71 heavy (non-hydrogen) atoms. The van der Waals surface area contributed by atoms with Gasteiger partial charge in [0.05, 0.1) is 18.5 Å². The van der Waals surface area contributed by atoms with Crippen LogP contribution in [0.25, 0.3) is 0 Å². The van der Waals surface area contributed by atoms with Crippen LogP contribution in [0.4, 0.5) is 19.5 Å². The summed E-state index contributed by atoms with van der Waals surface area (Å²) in [7, 11) is 0. The van der Waals surface area contributed by atoms with E-state index in [1.165, 1.54) is 0 Å². The van der Waals surface area contributed by atoms with Gasteiger partial charge >= 0.3 is 24.2 Å². The molecule has 20 heteroatoms. The monoisotopic (exact) mass is 990 g/mol. The fourth-order valence-corrected chi connectivity index (χ4v) is 7.03. The van der Waals surface area contributed by atoms with E-state index in [9.17, 15) is 33.6 Å². The van der Waals surface area contributed by atoms with Crippen LogP contribution in [0.15, 0.2) is 132 Å². The minimum atomic E-state index is -1.22. The number of hydrogen-bond acceptors (Lipinski definition) is 14. The first-order valence-electron chi connectivity index (χ1n) is 22.9. The van der Waals surface area contributed by atoms with Crippen LogP contribution in [0, 0.1) is 5.92 Å². The van der Waals surface area contributed by atoms with Crippen molar-refractivity contribution in [1.82, 2.24) is 31.6 Å². The molecule has 0 bridgehead atoms. The van der Waals surface area contributed by atoms with Gasteiger partial charge in [-0.05, 0) is 47.4 Å². The molecule has 0 saturated carbocycles. The molecular weight excluding hydrogens is 933 g/mol. The van der Waals surface area contributed by atoms with Crippen LogP contribution < -0.4 is 31.9 Å². The van der Waals surface area contributed by atoms with Gasteiger partial charge in [0, 0.05) is 18.5 Å². The van der Waals surface area contributed by atoms with Gasteiger partial charge < -0.3 is 40.2 Å². The number of rotatable bonds is 24. The van der Waals surface area contributed by atoms with Gasteiger partial charge in [-0.15, -0.1) is 11.3 Å². The Morgan fingerprint density at radius 1 is 0.592 bits per heavy atom. The lowest BCUT2D eigenvalue weighted by molar-refractivity contribution is -0.147.